The van der Waals surface area contributed by atoms with Crippen LogP contribution in [0.2, 0.25) is 0 Å². The number of hydrogen-bond donors (Lipinski definition) is 1. The number of piperazine rings is 1. The average molecular weight is 674 g/mol. The number of ether oxygens (including phenoxy) is 3. The molecular weight excluding hydrogens is 633 g/mol. The smallest absolute Gasteiger partial charge is 0.327 e. The van der Waals surface area contributed by atoms with Crippen molar-refractivity contribution in [3.8, 4) is 11.5 Å². The van der Waals surface area contributed by atoms with Gasteiger partial charge >= 0.3 is 6.03 Å². The van der Waals surface area contributed by atoms with E-state index < -0.39 is 17.9 Å². The summed E-state index contributed by atoms with van der Waals surface area (Å²) in [6, 6.07) is 16.3. The molecule has 6 rings (SSSR count). The molecule has 3 aromatic carbocycles. The van der Waals surface area contributed by atoms with Crippen molar-refractivity contribution < 1.29 is 28.2 Å². The van der Waals surface area contributed by atoms with E-state index >= 15 is 0 Å². The minimum absolute atomic E-state index is 0.0619. The van der Waals surface area contributed by atoms with Gasteiger partial charge in [-0.25, -0.2) is 18.8 Å². The van der Waals surface area contributed by atoms with Gasteiger partial charge in [0.25, 0.3) is 5.56 Å². The Balaban J connectivity index is 1.37. The Morgan fingerprint density at radius 2 is 1.67 bits per heavy atom. The van der Waals surface area contributed by atoms with E-state index in [-0.39, 0.29) is 18.0 Å². The van der Waals surface area contributed by atoms with Gasteiger partial charge in [-0.2, -0.15) is 0 Å². The first-order valence-corrected chi connectivity index (χ1v) is 16.2. The van der Waals surface area contributed by atoms with Gasteiger partial charge in [0.2, 0.25) is 5.91 Å². The summed E-state index contributed by atoms with van der Waals surface area (Å²) in [5, 5.41) is 5.21. The van der Waals surface area contributed by atoms with Gasteiger partial charge in [-0.05, 0) is 55.5 Å². The Morgan fingerprint density at radius 3 is 2.37 bits per heavy atom. The highest BCUT2D eigenvalue weighted by Crippen LogP contribution is 2.37. The number of carbonyl (C=O) groups is 2. The van der Waals surface area contributed by atoms with E-state index in [0.29, 0.717) is 92.1 Å². The fraction of sp³-hybridized carbons (Fsp3) is 0.371. The fourth-order valence-electron chi connectivity index (χ4n) is 6.19. The van der Waals surface area contributed by atoms with Crippen LogP contribution in [-0.2, 0) is 9.53 Å². The number of hydrogen-bond acceptors (Lipinski definition) is 9. The molecule has 0 aliphatic carbocycles. The standard InChI is InChI=1S/C35H40FN7O6/c1-24(42(30-13-12-27(47-2)22-31(30)48-3)35(46)37-26-10-8-25(36)9-11-26)33-38-29-7-5-4-6-28(29)34(45)43(33)41-16-14-39(15-17-41)23-32(44)40-18-20-49-21-19-40/h4-13,22,24H,14-21,23H2,1-3H3,(H,37,46). The normalized spacial score (nSPS) is 15.9. The van der Waals surface area contributed by atoms with Crippen LogP contribution >= 0.6 is 0 Å². The van der Waals surface area contributed by atoms with E-state index in [1.165, 1.54) is 43.4 Å². The number of nitrogens with one attached hydrogen (secondary N) is 1. The second kappa shape index (κ2) is 14.9. The number of fused-ring (bicyclic) bond motifs is 1. The second-order valence-corrected chi connectivity index (χ2v) is 11.8. The van der Waals surface area contributed by atoms with Crippen molar-refractivity contribution >= 4 is 34.2 Å². The van der Waals surface area contributed by atoms with Gasteiger partial charge in [0, 0.05) is 51.0 Å². The van der Waals surface area contributed by atoms with Crippen LogP contribution in [-0.4, -0.2) is 105 Å². The molecule has 3 heterocycles. The molecule has 1 atom stereocenters. The van der Waals surface area contributed by atoms with Crippen LogP contribution < -0.4 is 30.3 Å². The summed E-state index contributed by atoms with van der Waals surface area (Å²) >= 11 is 0. The summed E-state index contributed by atoms with van der Waals surface area (Å²) in [6.07, 6.45) is 0. The summed E-state index contributed by atoms with van der Waals surface area (Å²) in [7, 11) is 3.03. The first-order chi connectivity index (χ1) is 23.8. The number of rotatable bonds is 9. The number of morpholine rings is 1. The minimum Gasteiger partial charge on any atom is -0.497 e. The summed E-state index contributed by atoms with van der Waals surface area (Å²) < 4.78 is 31.8. The zero-order valence-electron chi connectivity index (χ0n) is 27.8. The fourth-order valence-corrected chi connectivity index (χ4v) is 6.19. The monoisotopic (exact) mass is 673 g/mol. The van der Waals surface area contributed by atoms with E-state index in [1.807, 2.05) is 16.0 Å². The lowest BCUT2D eigenvalue weighted by Crippen LogP contribution is -2.57. The van der Waals surface area contributed by atoms with Crippen molar-refractivity contribution in [2.75, 3.05) is 88.5 Å². The minimum atomic E-state index is -0.819. The molecule has 4 aromatic rings. The van der Waals surface area contributed by atoms with E-state index in [4.69, 9.17) is 19.2 Å². The van der Waals surface area contributed by atoms with Crippen LogP contribution in [0.3, 0.4) is 0 Å². The highest BCUT2D eigenvalue weighted by molar-refractivity contribution is 6.03. The third kappa shape index (κ3) is 7.29. The third-order valence-corrected chi connectivity index (χ3v) is 8.85. The number of urea groups is 1. The maximum absolute atomic E-state index is 14.3. The van der Waals surface area contributed by atoms with Crippen LogP contribution in [0.4, 0.5) is 20.6 Å². The number of halogens is 1. The molecule has 258 valence electrons. The maximum Gasteiger partial charge on any atom is 0.327 e. The van der Waals surface area contributed by atoms with Crippen LogP contribution in [0.25, 0.3) is 10.9 Å². The van der Waals surface area contributed by atoms with E-state index in [9.17, 15) is 18.8 Å². The number of aromatic nitrogens is 2. The van der Waals surface area contributed by atoms with Gasteiger partial charge in [-0.3, -0.25) is 19.4 Å². The first-order valence-electron chi connectivity index (χ1n) is 16.2. The van der Waals surface area contributed by atoms with Crippen molar-refractivity contribution in [1.82, 2.24) is 19.5 Å². The zero-order valence-corrected chi connectivity index (χ0v) is 27.8. The van der Waals surface area contributed by atoms with E-state index in [0.717, 1.165) is 0 Å². The van der Waals surface area contributed by atoms with Crippen molar-refractivity contribution in [2.45, 2.75) is 13.0 Å². The summed E-state index contributed by atoms with van der Waals surface area (Å²) in [5.74, 6) is 0.835. The second-order valence-electron chi connectivity index (χ2n) is 11.8. The van der Waals surface area contributed by atoms with Gasteiger partial charge in [0.1, 0.15) is 17.3 Å². The van der Waals surface area contributed by atoms with Crippen molar-refractivity contribution in [1.29, 1.82) is 0 Å². The molecule has 3 amide bonds. The molecule has 1 N–H and O–H groups in total. The largest absolute Gasteiger partial charge is 0.497 e. The topological polar surface area (TPSA) is 122 Å². The van der Waals surface area contributed by atoms with Crippen molar-refractivity contribution in [3.05, 3.63) is 88.7 Å². The molecule has 2 saturated heterocycles. The van der Waals surface area contributed by atoms with Crippen LogP contribution in [0, 0.1) is 5.82 Å². The Morgan fingerprint density at radius 1 is 0.959 bits per heavy atom. The van der Waals surface area contributed by atoms with Gasteiger partial charge in [0.15, 0.2) is 5.82 Å². The van der Waals surface area contributed by atoms with Gasteiger partial charge in [-0.1, -0.05) is 12.1 Å². The summed E-state index contributed by atoms with van der Waals surface area (Å²) in [5.41, 5.74) is 0.991. The predicted molar refractivity (Wildman–Crippen MR) is 184 cm³/mol. The average Bonchev–Trinajstić information content (AvgIpc) is 3.13. The zero-order chi connectivity index (χ0) is 34.5. The molecule has 0 bridgehead atoms. The lowest BCUT2D eigenvalue weighted by Gasteiger charge is -2.39. The van der Waals surface area contributed by atoms with Crippen LogP contribution in [0.15, 0.2) is 71.5 Å². The van der Waals surface area contributed by atoms with E-state index in [2.05, 4.69) is 10.2 Å². The van der Waals surface area contributed by atoms with Crippen LogP contribution in [0.5, 0.6) is 11.5 Å². The predicted octanol–water partition coefficient (Wildman–Crippen LogP) is 3.46. The Kier molecular flexibility index (Phi) is 10.3. The molecule has 0 radical (unpaired) electrons. The number of benzene rings is 3. The highest BCUT2D eigenvalue weighted by atomic mass is 19.1. The number of methoxy groups -OCH3 is 2. The van der Waals surface area contributed by atoms with Crippen molar-refractivity contribution in [3.63, 3.8) is 0 Å². The van der Waals surface area contributed by atoms with E-state index in [1.54, 1.807) is 48.0 Å². The Labute approximate surface area is 283 Å². The number of nitrogens with zero attached hydrogens (tertiary/aromatic N) is 6. The Hall–Kier alpha value is -5.21. The molecule has 0 saturated carbocycles. The summed E-state index contributed by atoms with van der Waals surface area (Å²) in [6.45, 7) is 6.32. The lowest BCUT2D eigenvalue weighted by atomic mass is 10.1. The highest BCUT2D eigenvalue weighted by Gasteiger charge is 2.33. The molecule has 49 heavy (non-hydrogen) atoms. The molecular formula is C35H40FN7O6. The lowest BCUT2D eigenvalue weighted by molar-refractivity contribution is -0.136. The van der Waals surface area contributed by atoms with Gasteiger partial charge in [-0.15, -0.1) is 0 Å². The number of carbonyl (C=O) groups excluding carboxylic acids is 2. The van der Waals surface area contributed by atoms with Gasteiger partial charge < -0.3 is 29.4 Å². The number of anilines is 2. The molecule has 1 unspecified atom stereocenters. The quantitative estimate of drug-likeness (QED) is 0.285. The molecule has 14 heteroatoms. The molecule has 2 aliphatic rings. The van der Waals surface area contributed by atoms with Crippen molar-refractivity contribution in [2.24, 2.45) is 0 Å². The summed E-state index contributed by atoms with van der Waals surface area (Å²) in [4.78, 5) is 51.8. The Bertz CT molecular complexity index is 1860. The third-order valence-electron chi connectivity index (χ3n) is 8.85. The number of amides is 3. The maximum atomic E-state index is 14.3. The van der Waals surface area contributed by atoms with Crippen LogP contribution in [0.1, 0.15) is 18.8 Å². The number of para-hydroxylation sites is 1. The van der Waals surface area contributed by atoms with Gasteiger partial charge in [0.05, 0.1) is 56.6 Å². The molecule has 2 aliphatic heterocycles. The molecule has 1 aromatic heterocycles. The molecule has 13 nitrogen and oxygen atoms in total. The SMILES string of the molecule is COc1ccc(N(C(=O)Nc2ccc(F)cc2)C(C)c2nc3ccccc3c(=O)n2N2CCN(CC(=O)N3CCOCC3)CC2)c(OC)c1. The molecule has 0 spiro atoms. The first kappa shape index (κ1) is 33.7. The molecule has 2 fully saturated rings.